The van der Waals surface area contributed by atoms with Crippen molar-refractivity contribution < 1.29 is 14.3 Å². The maximum atomic E-state index is 12.7. The maximum absolute atomic E-state index is 12.7. The SMILES string of the molecule is COc1ncccc1CNC(=O)N1CCN(C(=O)Cc2c[nH]c3ccccc23)CC1. The van der Waals surface area contributed by atoms with Gasteiger partial charge in [0.1, 0.15) is 0 Å². The number of carbonyl (C=O) groups is 2. The molecule has 2 aromatic heterocycles. The van der Waals surface area contributed by atoms with E-state index in [1.165, 1.54) is 0 Å². The molecule has 1 aromatic carbocycles. The zero-order valence-corrected chi connectivity index (χ0v) is 16.9. The van der Waals surface area contributed by atoms with Gasteiger partial charge in [-0.2, -0.15) is 0 Å². The number of methoxy groups -OCH3 is 1. The largest absolute Gasteiger partial charge is 0.481 e. The highest BCUT2D eigenvalue weighted by atomic mass is 16.5. The Hall–Kier alpha value is -3.55. The van der Waals surface area contributed by atoms with Gasteiger partial charge in [0.25, 0.3) is 0 Å². The summed E-state index contributed by atoms with van der Waals surface area (Å²) in [5.41, 5.74) is 2.86. The van der Waals surface area contributed by atoms with E-state index >= 15 is 0 Å². The number of amides is 3. The molecule has 1 aliphatic rings. The highest BCUT2D eigenvalue weighted by molar-refractivity contribution is 5.89. The molecule has 3 amide bonds. The number of nitrogens with zero attached hydrogens (tertiary/aromatic N) is 3. The number of ether oxygens (including phenoxy) is 1. The Labute approximate surface area is 174 Å². The van der Waals surface area contributed by atoms with Gasteiger partial charge in [0.05, 0.1) is 13.5 Å². The molecule has 3 heterocycles. The van der Waals surface area contributed by atoms with Crippen LogP contribution in [0.4, 0.5) is 4.79 Å². The second kappa shape index (κ2) is 8.86. The van der Waals surface area contributed by atoms with Crippen LogP contribution < -0.4 is 10.1 Å². The number of nitrogens with one attached hydrogen (secondary N) is 2. The monoisotopic (exact) mass is 407 g/mol. The van der Waals surface area contributed by atoms with E-state index < -0.39 is 0 Å². The Bertz CT molecular complexity index is 1040. The number of hydrogen-bond donors (Lipinski definition) is 2. The Morgan fingerprint density at radius 2 is 1.83 bits per heavy atom. The number of urea groups is 1. The number of aromatic amines is 1. The van der Waals surface area contributed by atoms with Crippen LogP contribution in [-0.2, 0) is 17.8 Å². The van der Waals surface area contributed by atoms with Gasteiger partial charge < -0.3 is 24.8 Å². The van der Waals surface area contributed by atoms with Crippen LogP contribution in [0.5, 0.6) is 5.88 Å². The molecule has 4 rings (SSSR count). The van der Waals surface area contributed by atoms with Gasteiger partial charge in [-0.05, 0) is 17.7 Å². The second-order valence-corrected chi connectivity index (χ2v) is 7.23. The normalized spacial score (nSPS) is 14.0. The minimum Gasteiger partial charge on any atom is -0.481 e. The summed E-state index contributed by atoms with van der Waals surface area (Å²) in [6, 6.07) is 11.5. The van der Waals surface area contributed by atoms with Crippen LogP contribution in [-0.4, -0.2) is 65.0 Å². The fraction of sp³-hybridized carbons (Fsp3) is 0.318. The lowest BCUT2D eigenvalue weighted by atomic mass is 10.1. The maximum Gasteiger partial charge on any atom is 0.317 e. The lowest BCUT2D eigenvalue weighted by molar-refractivity contribution is -0.131. The first-order valence-electron chi connectivity index (χ1n) is 9.99. The lowest BCUT2D eigenvalue weighted by Gasteiger charge is -2.34. The average molecular weight is 407 g/mol. The number of carbonyl (C=O) groups excluding carboxylic acids is 2. The zero-order valence-electron chi connectivity index (χ0n) is 16.9. The van der Waals surface area contributed by atoms with E-state index in [-0.39, 0.29) is 11.9 Å². The summed E-state index contributed by atoms with van der Waals surface area (Å²) in [6.07, 6.45) is 3.91. The molecular weight excluding hydrogens is 382 g/mol. The summed E-state index contributed by atoms with van der Waals surface area (Å²) < 4.78 is 5.21. The van der Waals surface area contributed by atoms with Gasteiger partial charge >= 0.3 is 6.03 Å². The van der Waals surface area contributed by atoms with Crippen LogP contribution in [0, 0.1) is 0 Å². The Morgan fingerprint density at radius 3 is 2.63 bits per heavy atom. The van der Waals surface area contributed by atoms with Gasteiger partial charge in [0.15, 0.2) is 0 Å². The number of piperazine rings is 1. The third-order valence-electron chi connectivity index (χ3n) is 5.41. The predicted octanol–water partition coefficient (Wildman–Crippen LogP) is 2.17. The van der Waals surface area contributed by atoms with Crippen LogP contribution in [0.15, 0.2) is 48.8 Å². The second-order valence-electron chi connectivity index (χ2n) is 7.23. The molecule has 8 nitrogen and oxygen atoms in total. The van der Waals surface area contributed by atoms with Gasteiger partial charge in [0, 0.05) is 61.6 Å². The summed E-state index contributed by atoms with van der Waals surface area (Å²) in [4.78, 5) is 36.1. The minimum atomic E-state index is -0.148. The molecule has 0 saturated carbocycles. The van der Waals surface area contributed by atoms with Crippen LogP contribution in [0.25, 0.3) is 10.9 Å². The van der Waals surface area contributed by atoms with E-state index in [4.69, 9.17) is 4.74 Å². The smallest absolute Gasteiger partial charge is 0.317 e. The highest BCUT2D eigenvalue weighted by Gasteiger charge is 2.24. The fourth-order valence-corrected chi connectivity index (χ4v) is 3.74. The van der Waals surface area contributed by atoms with Crippen LogP contribution in [0.1, 0.15) is 11.1 Å². The number of pyridine rings is 1. The lowest BCUT2D eigenvalue weighted by Crippen LogP contribution is -2.53. The van der Waals surface area contributed by atoms with E-state index in [9.17, 15) is 9.59 Å². The van der Waals surface area contributed by atoms with Gasteiger partial charge in [-0.1, -0.05) is 24.3 Å². The molecule has 2 N–H and O–H groups in total. The Balaban J connectivity index is 1.28. The van der Waals surface area contributed by atoms with E-state index in [1.54, 1.807) is 18.2 Å². The third-order valence-corrected chi connectivity index (χ3v) is 5.41. The van der Waals surface area contributed by atoms with Gasteiger partial charge in [-0.3, -0.25) is 4.79 Å². The number of benzene rings is 1. The molecule has 3 aromatic rings. The van der Waals surface area contributed by atoms with E-state index in [1.807, 2.05) is 47.5 Å². The molecule has 0 radical (unpaired) electrons. The van der Waals surface area contributed by atoms with Crippen molar-refractivity contribution in [2.24, 2.45) is 0 Å². The molecule has 0 unspecified atom stereocenters. The molecule has 1 aliphatic heterocycles. The van der Waals surface area contributed by atoms with Gasteiger partial charge in [-0.25, -0.2) is 9.78 Å². The predicted molar refractivity (Wildman–Crippen MR) is 113 cm³/mol. The Morgan fingerprint density at radius 1 is 1.07 bits per heavy atom. The van der Waals surface area contributed by atoms with E-state index in [0.29, 0.717) is 45.0 Å². The number of hydrogen-bond acceptors (Lipinski definition) is 4. The quantitative estimate of drug-likeness (QED) is 0.678. The fourth-order valence-electron chi connectivity index (χ4n) is 3.74. The van der Waals surface area contributed by atoms with E-state index in [0.717, 1.165) is 22.0 Å². The summed E-state index contributed by atoms with van der Waals surface area (Å²) in [6.45, 7) is 2.43. The molecular formula is C22H25N5O3. The van der Waals surface area contributed by atoms with Crippen molar-refractivity contribution in [3.8, 4) is 5.88 Å². The van der Waals surface area contributed by atoms with Crippen molar-refractivity contribution >= 4 is 22.8 Å². The molecule has 0 bridgehead atoms. The number of fused-ring (bicyclic) bond motifs is 1. The topological polar surface area (TPSA) is 90.6 Å². The van der Waals surface area contributed by atoms with Crippen LogP contribution in [0.2, 0.25) is 0 Å². The third kappa shape index (κ3) is 4.22. The first-order chi connectivity index (χ1) is 14.7. The van der Waals surface area contributed by atoms with Crippen molar-refractivity contribution in [2.45, 2.75) is 13.0 Å². The minimum absolute atomic E-state index is 0.0832. The molecule has 156 valence electrons. The van der Waals surface area contributed by atoms with Crippen LogP contribution in [0.3, 0.4) is 0 Å². The molecule has 0 aliphatic carbocycles. The number of aromatic nitrogens is 2. The molecule has 8 heteroatoms. The molecule has 30 heavy (non-hydrogen) atoms. The van der Waals surface area contributed by atoms with Crippen molar-refractivity contribution in [1.82, 2.24) is 25.1 Å². The molecule has 0 spiro atoms. The molecule has 1 fully saturated rings. The number of H-pyrrole nitrogens is 1. The average Bonchev–Trinajstić information content (AvgIpc) is 3.20. The van der Waals surface area contributed by atoms with Crippen LogP contribution >= 0.6 is 0 Å². The summed E-state index contributed by atoms with van der Waals surface area (Å²) >= 11 is 0. The highest BCUT2D eigenvalue weighted by Crippen LogP contribution is 2.19. The number of para-hydroxylation sites is 1. The van der Waals surface area contributed by atoms with E-state index in [2.05, 4.69) is 15.3 Å². The zero-order chi connectivity index (χ0) is 20.9. The first kappa shape index (κ1) is 19.8. The Kier molecular flexibility index (Phi) is 5.83. The number of rotatable bonds is 5. The summed E-state index contributed by atoms with van der Waals surface area (Å²) in [7, 11) is 1.56. The standard InChI is InChI=1S/C22H25N5O3/c1-30-21-16(5-4-8-23-21)14-25-22(29)27-11-9-26(10-12-27)20(28)13-17-15-24-19-7-3-2-6-18(17)19/h2-8,15,24H,9-14H2,1H3,(H,25,29). The van der Waals surface area contributed by atoms with Crippen molar-refractivity contribution in [3.63, 3.8) is 0 Å². The van der Waals surface area contributed by atoms with Crippen molar-refractivity contribution in [1.29, 1.82) is 0 Å². The molecule has 0 atom stereocenters. The van der Waals surface area contributed by atoms with Crippen molar-refractivity contribution in [2.75, 3.05) is 33.3 Å². The first-order valence-corrected chi connectivity index (χ1v) is 9.99. The van der Waals surface area contributed by atoms with Crippen molar-refractivity contribution in [3.05, 3.63) is 59.9 Å². The van der Waals surface area contributed by atoms with Gasteiger partial charge in [0.2, 0.25) is 11.8 Å². The summed E-state index contributed by atoms with van der Waals surface area (Å²) in [5, 5.41) is 3.98. The summed E-state index contributed by atoms with van der Waals surface area (Å²) in [5.74, 6) is 0.588. The molecule has 1 saturated heterocycles. The van der Waals surface area contributed by atoms with Gasteiger partial charge in [-0.15, -0.1) is 0 Å².